The molecular weight excluding hydrogens is 348 g/mol. The largest absolute Gasteiger partial charge is 0.478 e. The van der Waals surface area contributed by atoms with E-state index in [0.717, 1.165) is 23.3 Å². The number of ether oxygens (including phenoxy) is 1. The average molecular weight is 365 g/mol. The molecule has 25 heavy (non-hydrogen) atoms. The summed E-state index contributed by atoms with van der Waals surface area (Å²) in [5.74, 6) is 3.50. The van der Waals surface area contributed by atoms with E-state index in [1.54, 1.807) is 12.1 Å². The van der Waals surface area contributed by atoms with Crippen LogP contribution < -0.4 is 9.46 Å². The maximum Gasteiger partial charge on any atom is 0.241 e. The highest BCUT2D eigenvalue weighted by Crippen LogP contribution is 2.17. The molecule has 0 radical (unpaired) electrons. The Morgan fingerprint density at radius 3 is 2.48 bits per heavy atom. The van der Waals surface area contributed by atoms with Gasteiger partial charge in [0.2, 0.25) is 10.0 Å². The van der Waals surface area contributed by atoms with Crippen LogP contribution in [-0.4, -0.2) is 21.6 Å². The Morgan fingerprint density at radius 2 is 1.80 bits per heavy atom. The van der Waals surface area contributed by atoms with Crippen LogP contribution in [0.3, 0.4) is 0 Å². The molecule has 0 atom stereocenters. The van der Waals surface area contributed by atoms with Gasteiger partial charge >= 0.3 is 0 Å². The molecule has 0 bridgehead atoms. The Bertz CT molecular complexity index is 931. The summed E-state index contributed by atoms with van der Waals surface area (Å²) in [6.45, 7) is 3.48. The highest BCUT2D eigenvalue weighted by atomic mass is 32.2. The van der Waals surface area contributed by atoms with Crippen molar-refractivity contribution in [2.45, 2.75) is 18.7 Å². The number of benzene rings is 2. The lowest BCUT2D eigenvalue weighted by molar-refractivity contribution is 0.346. The molecule has 0 saturated heterocycles. The third kappa shape index (κ3) is 5.28. The zero-order valence-electron chi connectivity index (χ0n) is 13.8. The summed E-state index contributed by atoms with van der Waals surface area (Å²) >= 11 is 0. The van der Waals surface area contributed by atoms with E-state index in [2.05, 4.69) is 16.6 Å². The third-order valence-electron chi connectivity index (χ3n) is 3.46. The topological polar surface area (TPSA) is 55.4 Å². The predicted octanol–water partition coefficient (Wildman–Crippen LogP) is 2.94. The average Bonchev–Trinajstić information content (AvgIpc) is 2.55. The fraction of sp³-hybridized carbons (Fsp3) is 0.222. The quantitative estimate of drug-likeness (QED) is 0.829. The van der Waals surface area contributed by atoms with E-state index in [9.17, 15) is 17.2 Å². The van der Waals surface area contributed by atoms with Gasteiger partial charge in [-0.1, -0.05) is 17.9 Å². The molecule has 0 aliphatic rings. The Balaban J connectivity index is 1.88. The highest BCUT2D eigenvalue weighted by molar-refractivity contribution is 7.89. The van der Waals surface area contributed by atoms with E-state index < -0.39 is 21.7 Å². The molecule has 1 N–H and O–H groups in total. The van der Waals surface area contributed by atoms with E-state index in [0.29, 0.717) is 6.07 Å². The molecule has 0 aromatic heterocycles. The van der Waals surface area contributed by atoms with Crippen LogP contribution >= 0.6 is 0 Å². The van der Waals surface area contributed by atoms with Crippen LogP contribution in [0.2, 0.25) is 0 Å². The second-order valence-electron chi connectivity index (χ2n) is 5.29. The number of hydrogen-bond acceptors (Lipinski definition) is 3. The SMILES string of the molecule is Cc1ccc(S(=O)(=O)NCC#CCOc2ccc(F)cc2F)cc1C. The summed E-state index contributed by atoms with van der Waals surface area (Å²) in [7, 11) is -3.65. The number of hydrogen-bond donors (Lipinski definition) is 1. The smallest absolute Gasteiger partial charge is 0.241 e. The van der Waals surface area contributed by atoms with Gasteiger partial charge in [-0.3, -0.25) is 0 Å². The van der Waals surface area contributed by atoms with Crippen molar-refractivity contribution in [1.29, 1.82) is 0 Å². The number of halogens is 2. The van der Waals surface area contributed by atoms with Gasteiger partial charge in [-0.05, 0) is 49.2 Å². The van der Waals surface area contributed by atoms with E-state index in [1.807, 2.05) is 13.8 Å². The standard InChI is InChI=1S/C18H17F2NO3S/c1-13-5-7-16(11-14(13)2)25(22,23)21-9-3-4-10-24-18-8-6-15(19)12-17(18)20/h5-8,11-12,21H,9-10H2,1-2H3. The van der Waals surface area contributed by atoms with E-state index >= 15 is 0 Å². The summed E-state index contributed by atoms with van der Waals surface area (Å²) in [5.41, 5.74) is 1.88. The molecule has 0 amide bonds. The second kappa shape index (κ2) is 8.10. The van der Waals surface area contributed by atoms with Crippen molar-refractivity contribution in [1.82, 2.24) is 4.72 Å². The van der Waals surface area contributed by atoms with Crippen LogP contribution in [0.15, 0.2) is 41.3 Å². The van der Waals surface area contributed by atoms with Crippen molar-refractivity contribution in [2.24, 2.45) is 0 Å². The number of aryl methyl sites for hydroxylation is 2. The van der Waals surface area contributed by atoms with E-state index in [-0.39, 0.29) is 23.8 Å². The van der Waals surface area contributed by atoms with Gasteiger partial charge in [0, 0.05) is 6.07 Å². The van der Waals surface area contributed by atoms with Gasteiger partial charge in [-0.15, -0.1) is 0 Å². The van der Waals surface area contributed by atoms with Crippen LogP contribution in [0.5, 0.6) is 5.75 Å². The second-order valence-corrected chi connectivity index (χ2v) is 7.05. The van der Waals surface area contributed by atoms with Crippen molar-refractivity contribution >= 4 is 10.0 Å². The Labute approximate surface area is 145 Å². The lowest BCUT2D eigenvalue weighted by atomic mass is 10.1. The molecule has 0 aliphatic carbocycles. The van der Waals surface area contributed by atoms with Crippen LogP contribution in [0.4, 0.5) is 8.78 Å². The van der Waals surface area contributed by atoms with Gasteiger partial charge in [0.15, 0.2) is 11.6 Å². The number of rotatable bonds is 5. The minimum atomic E-state index is -3.65. The van der Waals surface area contributed by atoms with E-state index in [4.69, 9.17) is 4.74 Å². The van der Waals surface area contributed by atoms with Gasteiger partial charge in [-0.25, -0.2) is 17.2 Å². The first-order valence-electron chi connectivity index (χ1n) is 7.40. The van der Waals surface area contributed by atoms with Gasteiger partial charge in [-0.2, -0.15) is 4.72 Å². The first kappa shape index (κ1) is 18.9. The Kier molecular flexibility index (Phi) is 6.12. The Morgan fingerprint density at radius 1 is 1.04 bits per heavy atom. The predicted molar refractivity (Wildman–Crippen MR) is 90.7 cm³/mol. The van der Waals surface area contributed by atoms with Crippen LogP contribution in [0.1, 0.15) is 11.1 Å². The maximum atomic E-state index is 13.3. The summed E-state index contributed by atoms with van der Waals surface area (Å²) in [6.07, 6.45) is 0. The first-order valence-corrected chi connectivity index (χ1v) is 8.88. The van der Waals surface area contributed by atoms with Gasteiger partial charge in [0.05, 0.1) is 11.4 Å². The van der Waals surface area contributed by atoms with Gasteiger partial charge < -0.3 is 4.74 Å². The Hall–Kier alpha value is -2.43. The molecule has 7 heteroatoms. The summed E-state index contributed by atoms with van der Waals surface area (Å²) in [4.78, 5) is 0.169. The number of sulfonamides is 1. The van der Waals surface area contributed by atoms with Crippen molar-refractivity contribution in [3.63, 3.8) is 0 Å². The molecule has 0 aliphatic heterocycles. The third-order valence-corrected chi connectivity index (χ3v) is 4.86. The lowest BCUT2D eigenvalue weighted by Crippen LogP contribution is -2.24. The fourth-order valence-electron chi connectivity index (χ4n) is 1.92. The van der Waals surface area contributed by atoms with Crippen LogP contribution in [-0.2, 0) is 10.0 Å². The summed E-state index contributed by atoms with van der Waals surface area (Å²) in [5, 5.41) is 0. The monoisotopic (exact) mass is 365 g/mol. The van der Waals surface area contributed by atoms with Crippen molar-refractivity contribution in [3.05, 3.63) is 59.2 Å². The molecular formula is C18H17F2NO3S. The molecule has 2 aromatic carbocycles. The molecule has 0 spiro atoms. The van der Waals surface area contributed by atoms with E-state index in [1.165, 1.54) is 6.07 Å². The minimum Gasteiger partial charge on any atom is -0.478 e. The molecule has 0 saturated carbocycles. The van der Waals surface area contributed by atoms with Gasteiger partial charge in [0.1, 0.15) is 12.4 Å². The minimum absolute atomic E-state index is 0.107. The summed E-state index contributed by atoms with van der Waals surface area (Å²) in [6, 6.07) is 7.80. The normalized spacial score (nSPS) is 10.9. The fourth-order valence-corrected chi connectivity index (χ4v) is 2.92. The zero-order valence-corrected chi connectivity index (χ0v) is 14.6. The highest BCUT2D eigenvalue weighted by Gasteiger charge is 2.13. The van der Waals surface area contributed by atoms with Crippen molar-refractivity contribution in [3.8, 4) is 17.6 Å². The van der Waals surface area contributed by atoms with Crippen LogP contribution in [0, 0.1) is 37.3 Å². The van der Waals surface area contributed by atoms with Crippen LogP contribution in [0.25, 0.3) is 0 Å². The first-order chi connectivity index (χ1) is 11.8. The molecule has 2 rings (SSSR count). The molecule has 0 heterocycles. The lowest BCUT2D eigenvalue weighted by Gasteiger charge is -2.06. The molecule has 0 unspecified atom stereocenters. The molecule has 2 aromatic rings. The molecule has 4 nitrogen and oxygen atoms in total. The van der Waals surface area contributed by atoms with Gasteiger partial charge in [0.25, 0.3) is 0 Å². The molecule has 132 valence electrons. The maximum absolute atomic E-state index is 13.3. The summed E-state index contributed by atoms with van der Waals surface area (Å²) < 4.78 is 57.7. The zero-order chi connectivity index (χ0) is 18.4. The van der Waals surface area contributed by atoms with Crippen molar-refractivity contribution in [2.75, 3.05) is 13.2 Å². The van der Waals surface area contributed by atoms with Crippen molar-refractivity contribution < 1.29 is 21.9 Å². The molecule has 0 fully saturated rings. The number of nitrogens with one attached hydrogen (secondary N) is 1.